The molecular weight excluding hydrogens is 358 g/mol. The van der Waals surface area contributed by atoms with E-state index in [1.54, 1.807) is 12.1 Å². The summed E-state index contributed by atoms with van der Waals surface area (Å²) >= 11 is 9.35. The number of aromatic nitrogens is 2. The Bertz CT molecular complexity index is 616. The van der Waals surface area contributed by atoms with Crippen molar-refractivity contribution < 1.29 is 9.26 Å². The standard InChI is InChI=1S/C14H17BrClN3O2/c1-3-6-20-8-14(2,17)13-18-12(21-19-13)10-5-4-9(16)7-11(10)15/h4-5,7H,3,6,8,17H2,1-2H3. The van der Waals surface area contributed by atoms with Crippen LogP contribution in [0.2, 0.25) is 5.02 Å². The van der Waals surface area contributed by atoms with Crippen LogP contribution in [-0.2, 0) is 10.3 Å². The zero-order valence-corrected chi connectivity index (χ0v) is 14.2. The minimum Gasteiger partial charge on any atom is -0.379 e. The first-order valence-electron chi connectivity index (χ1n) is 6.60. The molecule has 1 unspecified atom stereocenters. The molecular formula is C14H17BrClN3O2. The van der Waals surface area contributed by atoms with Crippen LogP contribution in [0.3, 0.4) is 0 Å². The summed E-state index contributed by atoms with van der Waals surface area (Å²) in [5.41, 5.74) is 6.16. The lowest BCUT2D eigenvalue weighted by Crippen LogP contribution is -2.39. The molecule has 0 aliphatic carbocycles. The summed E-state index contributed by atoms with van der Waals surface area (Å²) < 4.78 is 11.6. The van der Waals surface area contributed by atoms with E-state index in [0.717, 1.165) is 16.5 Å². The van der Waals surface area contributed by atoms with E-state index in [2.05, 4.69) is 26.1 Å². The maximum atomic E-state index is 6.19. The highest BCUT2D eigenvalue weighted by atomic mass is 79.9. The van der Waals surface area contributed by atoms with Gasteiger partial charge in [0.25, 0.3) is 5.89 Å². The summed E-state index contributed by atoms with van der Waals surface area (Å²) in [7, 11) is 0. The van der Waals surface area contributed by atoms with E-state index < -0.39 is 5.54 Å². The average molecular weight is 375 g/mol. The van der Waals surface area contributed by atoms with Gasteiger partial charge < -0.3 is 15.0 Å². The molecule has 0 amide bonds. The fraction of sp³-hybridized carbons (Fsp3) is 0.429. The van der Waals surface area contributed by atoms with E-state index >= 15 is 0 Å². The van der Waals surface area contributed by atoms with Gasteiger partial charge in [-0.15, -0.1) is 0 Å². The molecule has 0 bridgehead atoms. The van der Waals surface area contributed by atoms with Crippen molar-refractivity contribution in [1.82, 2.24) is 10.1 Å². The molecule has 1 aromatic heterocycles. The van der Waals surface area contributed by atoms with Gasteiger partial charge in [0, 0.05) is 16.1 Å². The van der Waals surface area contributed by atoms with E-state index in [9.17, 15) is 0 Å². The largest absolute Gasteiger partial charge is 0.379 e. The van der Waals surface area contributed by atoms with E-state index in [4.69, 9.17) is 26.6 Å². The van der Waals surface area contributed by atoms with Gasteiger partial charge in [-0.25, -0.2) is 0 Å². The van der Waals surface area contributed by atoms with Gasteiger partial charge in [0.1, 0.15) is 5.54 Å². The van der Waals surface area contributed by atoms with E-state index in [1.165, 1.54) is 0 Å². The van der Waals surface area contributed by atoms with Crippen LogP contribution in [0.25, 0.3) is 11.5 Å². The predicted octanol–water partition coefficient (Wildman–Crippen LogP) is 3.75. The number of nitrogens with zero attached hydrogens (tertiary/aromatic N) is 2. The third kappa shape index (κ3) is 4.03. The molecule has 1 atom stereocenters. The van der Waals surface area contributed by atoms with Crippen LogP contribution in [-0.4, -0.2) is 23.4 Å². The van der Waals surface area contributed by atoms with Crippen molar-refractivity contribution in [1.29, 1.82) is 0 Å². The Hall–Kier alpha value is -0.950. The minimum atomic E-state index is -0.796. The topological polar surface area (TPSA) is 74.2 Å². The average Bonchev–Trinajstić information content (AvgIpc) is 2.89. The van der Waals surface area contributed by atoms with Crippen LogP contribution in [0.1, 0.15) is 26.1 Å². The number of rotatable bonds is 6. The first-order chi connectivity index (χ1) is 9.94. The summed E-state index contributed by atoms with van der Waals surface area (Å²) in [6.07, 6.45) is 0.936. The molecule has 2 N–H and O–H groups in total. The van der Waals surface area contributed by atoms with E-state index in [-0.39, 0.29) is 0 Å². The lowest BCUT2D eigenvalue weighted by Gasteiger charge is -2.19. The van der Waals surface area contributed by atoms with Gasteiger partial charge in [-0.1, -0.05) is 23.7 Å². The molecule has 0 spiro atoms. The Morgan fingerprint density at radius 2 is 2.24 bits per heavy atom. The molecule has 2 aromatic rings. The highest BCUT2D eigenvalue weighted by molar-refractivity contribution is 9.10. The Balaban J connectivity index is 2.21. The Kier molecular flexibility index (Phi) is 5.37. The van der Waals surface area contributed by atoms with Gasteiger partial charge in [0.2, 0.25) is 0 Å². The zero-order valence-electron chi connectivity index (χ0n) is 11.9. The summed E-state index contributed by atoms with van der Waals surface area (Å²) in [4.78, 5) is 4.37. The number of ether oxygens (including phenoxy) is 1. The van der Waals surface area contributed by atoms with Gasteiger partial charge in [-0.05, 0) is 47.5 Å². The summed E-state index contributed by atoms with van der Waals surface area (Å²) in [6, 6.07) is 5.34. The molecule has 114 valence electrons. The van der Waals surface area contributed by atoms with Crippen molar-refractivity contribution >= 4 is 27.5 Å². The summed E-state index contributed by atoms with van der Waals surface area (Å²) in [5, 5.41) is 4.59. The quantitative estimate of drug-likeness (QED) is 0.779. The molecule has 2 rings (SSSR count). The molecule has 21 heavy (non-hydrogen) atoms. The monoisotopic (exact) mass is 373 g/mol. The summed E-state index contributed by atoms with van der Waals surface area (Å²) in [6.45, 7) is 4.84. The molecule has 1 heterocycles. The van der Waals surface area contributed by atoms with Gasteiger partial charge in [-0.3, -0.25) is 0 Å². The maximum absolute atomic E-state index is 6.19. The van der Waals surface area contributed by atoms with Crippen LogP contribution in [0.15, 0.2) is 27.2 Å². The third-order valence-electron chi connectivity index (χ3n) is 2.85. The molecule has 0 fully saturated rings. The highest BCUT2D eigenvalue weighted by Gasteiger charge is 2.28. The molecule has 0 aliphatic rings. The number of hydrogen-bond acceptors (Lipinski definition) is 5. The van der Waals surface area contributed by atoms with Crippen molar-refractivity contribution in [2.45, 2.75) is 25.8 Å². The second-order valence-electron chi connectivity index (χ2n) is 5.02. The highest BCUT2D eigenvalue weighted by Crippen LogP contribution is 2.30. The minimum absolute atomic E-state index is 0.335. The van der Waals surface area contributed by atoms with E-state index in [0.29, 0.717) is 30.0 Å². The molecule has 0 radical (unpaired) electrons. The second kappa shape index (κ2) is 6.87. The third-order valence-corrected chi connectivity index (χ3v) is 3.74. The lowest BCUT2D eigenvalue weighted by atomic mass is 10.1. The predicted molar refractivity (Wildman–Crippen MR) is 85.1 cm³/mol. The van der Waals surface area contributed by atoms with Gasteiger partial charge in [-0.2, -0.15) is 4.98 Å². The number of halogens is 2. The fourth-order valence-electron chi connectivity index (χ4n) is 1.72. The number of nitrogens with two attached hydrogens (primary N) is 1. The van der Waals surface area contributed by atoms with Crippen LogP contribution in [0.5, 0.6) is 0 Å². The van der Waals surface area contributed by atoms with Gasteiger partial charge >= 0.3 is 0 Å². The van der Waals surface area contributed by atoms with Crippen LogP contribution < -0.4 is 5.73 Å². The molecule has 1 aromatic carbocycles. The van der Waals surface area contributed by atoms with Crippen molar-refractivity contribution in [3.05, 3.63) is 33.5 Å². The maximum Gasteiger partial charge on any atom is 0.259 e. The van der Waals surface area contributed by atoms with Crippen molar-refractivity contribution in [2.75, 3.05) is 13.2 Å². The molecule has 5 nitrogen and oxygen atoms in total. The van der Waals surface area contributed by atoms with Crippen molar-refractivity contribution in [2.24, 2.45) is 5.73 Å². The van der Waals surface area contributed by atoms with Crippen LogP contribution in [0.4, 0.5) is 0 Å². The van der Waals surface area contributed by atoms with E-state index in [1.807, 2.05) is 19.9 Å². The first kappa shape index (κ1) is 16.4. The number of hydrogen-bond donors (Lipinski definition) is 1. The van der Waals surface area contributed by atoms with Crippen LogP contribution >= 0.6 is 27.5 Å². The fourth-order valence-corrected chi connectivity index (χ4v) is 2.57. The van der Waals surface area contributed by atoms with Crippen LogP contribution in [0, 0.1) is 0 Å². The van der Waals surface area contributed by atoms with Crippen molar-refractivity contribution in [3.8, 4) is 11.5 Å². The molecule has 0 saturated heterocycles. The smallest absolute Gasteiger partial charge is 0.259 e. The SMILES string of the molecule is CCCOCC(C)(N)c1noc(-c2ccc(Cl)cc2Br)n1. The Morgan fingerprint density at radius 1 is 1.48 bits per heavy atom. The normalized spacial score (nSPS) is 14.1. The second-order valence-corrected chi connectivity index (χ2v) is 6.31. The lowest BCUT2D eigenvalue weighted by molar-refractivity contribution is 0.0867. The molecule has 0 aliphatic heterocycles. The molecule has 0 saturated carbocycles. The Morgan fingerprint density at radius 3 is 2.90 bits per heavy atom. The first-order valence-corrected chi connectivity index (χ1v) is 7.77. The molecule has 7 heteroatoms. The van der Waals surface area contributed by atoms with Gasteiger partial charge in [0.05, 0.1) is 12.2 Å². The van der Waals surface area contributed by atoms with Gasteiger partial charge in [0.15, 0.2) is 5.82 Å². The zero-order chi connectivity index (χ0) is 15.5. The Labute approximate surface area is 136 Å². The summed E-state index contributed by atoms with van der Waals surface area (Å²) in [5.74, 6) is 0.802. The van der Waals surface area contributed by atoms with Crippen molar-refractivity contribution in [3.63, 3.8) is 0 Å². The number of benzene rings is 1.